The Labute approximate surface area is 219 Å². The quantitative estimate of drug-likeness (QED) is 0.400. The van der Waals surface area contributed by atoms with Gasteiger partial charge in [0.2, 0.25) is 0 Å². The second-order valence-corrected chi connectivity index (χ2v) is 9.25. The smallest absolute Gasteiger partial charge is 0.337 e. The number of carbonyl (C=O) groups excluding carboxylic acids is 1. The van der Waals surface area contributed by atoms with E-state index in [4.69, 9.17) is 4.74 Å². The lowest BCUT2D eigenvalue weighted by Crippen LogP contribution is -2.45. The van der Waals surface area contributed by atoms with Gasteiger partial charge in [0.15, 0.2) is 28.8 Å². The van der Waals surface area contributed by atoms with Gasteiger partial charge in [0, 0.05) is 18.2 Å². The second-order valence-electron chi connectivity index (χ2n) is 9.25. The molecule has 0 aliphatic heterocycles. The Hall–Kier alpha value is -4.61. The molecule has 5 rings (SSSR count). The van der Waals surface area contributed by atoms with E-state index >= 15 is 0 Å². The van der Waals surface area contributed by atoms with Crippen LogP contribution in [-0.4, -0.2) is 38.3 Å². The van der Waals surface area contributed by atoms with E-state index in [-0.39, 0.29) is 39.8 Å². The van der Waals surface area contributed by atoms with E-state index in [0.717, 1.165) is 33.5 Å². The Balaban J connectivity index is 1.46. The molecule has 1 aliphatic rings. The van der Waals surface area contributed by atoms with E-state index in [9.17, 15) is 32.7 Å². The SMILES string of the molecule is COc1cccc(C(=O)NC2CCC(n3c(=O)c4cc(F)cnc4n(-c4ccc(F)c(F)c4)c3=O)CC2)c1O. The highest BCUT2D eigenvalue weighted by Crippen LogP contribution is 2.31. The number of nitrogens with zero attached hydrogens (tertiary/aromatic N) is 3. The van der Waals surface area contributed by atoms with E-state index in [1.807, 2.05) is 0 Å². The molecule has 1 fully saturated rings. The molecule has 12 heteroatoms. The highest BCUT2D eigenvalue weighted by atomic mass is 19.2. The number of nitrogens with one attached hydrogen (secondary N) is 1. The topological polar surface area (TPSA) is 115 Å². The number of phenolic OH excluding ortho intramolecular Hbond substituents is 1. The summed E-state index contributed by atoms with van der Waals surface area (Å²) in [6, 6.07) is 7.41. The fourth-order valence-corrected chi connectivity index (χ4v) is 4.97. The second kappa shape index (κ2) is 10.3. The van der Waals surface area contributed by atoms with Crippen molar-refractivity contribution < 1.29 is 27.8 Å². The van der Waals surface area contributed by atoms with Crippen molar-refractivity contribution in [1.29, 1.82) is 0 Å². The lowest BCUT2D eigenvalue weighted by atomic mass is 9.90. The van der Waals surface area contributed by atoms with Crippen LogP contribution in [0.3, 0.4) is 0 Å². The summed E-state index contributed by atoms with van der Waals surface area (Å²) < 4.78 is 48.7. The number of phenols is 1. The van der Waals surface area contributed by atoms with E-state index in [1.165, 1.54) is 25.3 Å². The van der Waals surface area contributed by atoms with Crippen LogP contribution in [0.4, 0.5) is 13.2 Å². The summed E-state index contributed by atoms with van der Waals surface area (Å²) in [5.41, 5.74) is -1.80. The van der Waals surface area contributed by atoms with Crippen LogP contribution in [0, 0.1) is 17.5 Å². The predicted octanol–water partition coefficient (Wildman–Crippen LogP) is 3.59. The first kappa shape index (κ1) is 26.0. The van der Waals surface area contributed by atoms with E-state index < -0.39 is 40.6 Å². The third-order valence-electron chi connectivity index (χ3n) is 6.91. The van der Waals surface area contributed by atoms with Crippen LogP contribution in [0.15, 0.2) is 58.3 Å². The lowest BCUT2D eigenvalue weighted by molar-refractivity contribution is 0.0918. The number of hydrogen-bond acceptors (Lipinski definition) is 6. The molecule has 4 aromatic rings. The van der Waals surface area contributed by atoms with Gasteiger partial charge in [0.25, 0.3) is 11.5 Å². The number of halogens is 3. The molecule has 0 bridgehead atoms. The lowest BCUT2D eigenvalue weighted by Gasteiger charge is -2.30. The van der Waals surface area contributed by atoms with Gasteiger partial charge in [0.05, 0.1) is 29.9 Å². The van der Waals surface area contributed by atoms with Crippen LogP contribution in [0.2, 0.25) is 0 Å². The predicted molar refractivity (Wildman–Crippen MR) is 135 cm³/mol. The van der Waals surface area contributed by atoms with Gasteiger partial charge < -0.3 is 15.2 Å². The van der Waals surface area contributed by atoms with Gasteiger partial charge in [-0.25, -0.2) is 27.5 Å². The molecule has 0 radical (unpaired) electrons. The standard InChI is InChI=1S/C27H23F3N4O5/c1-39-22-4-2-3-18(23(22)35)25(36)32-15-5-7-16(8-6-15)34-26(37)19-11-14(28)13-31-24(19)33(27(34)38)17-9-10-20(29)21(30)12-17/h2-4,9-13,15-16,35H,5-8H2,1H3,(H,32,36). The summed E-state index contributed by atoms with van der Waals surface area (Å²) in [6.45, 7) is 0. The molecule has 2 heterocycles. The molecule has 1 saturated carbocycles. The largest absolute Gasteiger partial charge is 0.504 e. The van der Waals surface area contributed by atoms with Crippen molar-refractivity contribution in [2.45, 2.75) is 37.8 Å². The van der Waals surface area contributed by atoms with Gasteiger partial charge >= 0.3 is 5.69 Å². The molecule has 9 nitrogen and oxygen atoms in total. The summed E-state index contributed by atoms with van der Waals surface area (Å²) in [5.74, 6) is -3.75. The summed E-state index contributed by atoms with van der Waals surface area (Å²) >= 11 is 0. The minimum atomic E-state index is -1.20. The van der Waals surface area contributed by atoms with Crippen LogP contribution in [0.1, 0.15) is 42.1 Å². The fourth-order valence-electron chi connectivity index (χ4n) is 4.97. The average Bonchev–Trinajstić information content (AvgIpc) is 2.92. The van der Waals surface area contributed by atoms with Crippen molar-refractivity contribution in [3.05, 3.63) is 92.5 Å². The average molecular weight is 540 g/mol. The summed E-state index contributed by atoms with van der Waals surface area (Å²) in [7, 11) is 1.37. The zero-order valence-electron chi connectivity index (χ0n) is 20.7. The maximum Gasteiger partial charge on any atom is 0.337 e. The first-order valence-electron chi connectivity index (χ1n) is 12.1. The highest BCUT2D eigenvalue weighted by molar-refractivity contribution is 5.97. The van der Waals surface area contributed by atoms with Gasteiger partial charge in [-0.1, -0.05) is 6.07 Å². The number of para-hydroxylation sites is 1. The molecular formula is C27H23F3N4O5. The number of methoxy groups -OCH3 is 1. The van der Waals surface area contributed by atoms with Crippen molar-refractivity contribution in [3.63, 3.8) is 0 Å². The molecule has 2 aromatic heterocycles. The molecule has 1 amide bonds. The number of ether oxygens (including phenoxy) is 1. The molecule has 2 aromatic carbocycles. The summed E-state index contributed by atoms with van der Waals surface area (Å²) in [4.78, 5) is 43.6. The van der Waals surface area contributed by atoms with Crippen molar-refractivity contribution in [1.82, 2.24) is 19.4 Å². The number of benzene rings is 2. The Kier molecular flexibility index (Phi) is 6.85. The Morgan fingerprint density at radius 1 is 1.05 bits per heavy atom. The van der Waals surface area contributed by atoms with Crippen LogP contribution < -0.4 is 21.3 Å². The molecule has 1 aliphatic carbocycles. The summed E-state index contributed by atoms with van der Waals surface area (Å²) in [5, 5.41) is 12.9. The third kappa shape index (κ3) is 4.73. The zero-order chi connectivity index (χ0) is 27.8. The first-order valence-corrected chi connectivity index (χ1v) is 12.1. The van der Waals surface area contributed by atoms with Crippen LogP contribution >= 0.6 is 0 Å². The van der Waals surface area contributed by atoms with Crippen molar-refractivity contribution in [2.24, 2.45) is 0 Å². The van der Waals surface area contributed by atoms with Crippen LogP contribution in [-0.2, 0) is 0 Å². The first-order chi connectivity index (χ1) is 18.7. The van der Waals surface area contributed by atoms with Crippen LogP contribution in [0.25, 0.3) is 16.7 Å². The number of carbonyl (C=O) groups is 1. The molecule has 39 heavy (non-hydrogen) atoms. The molecule has 202 valence electrons. The Bertz CT molecular complexity index is 1710. The molecule has 0 spiro atoms. The van der Waals surface area contributed by atoms with Crippen LogP contribution in [0.5, 0.6) is 11.5 Å². The van der Waals surface area contributed by atoms with E-state index in [2.05, 4.69) is 10.3 Å². The van der Waals surface area contributed by atoms with Gasteiger partial charge in [-0.3, -0.25) is 14.2 Å². The van der Waals surface area contributed by atoms with Crippen molar-refractivity contribution in [2.75, 3.05) is 7.11 Å². The minimum absolute atomic E-state index is 0.0474. The normalized spacial score (nSPS) is 17.2. The number of amides is 1. The van der Waals surface area contributed by atoms with E-state index in [1.54, 1.807) is 6.07 Å². The maximum atomic E-state index is 14.1. The van der Waals surface area contributed by atoms with Gasteiger partial charge in [-0.15, -0.1) is 0 Å². The van der Waals surface area contributed by atoms with Crippen molar-refractivity contribution >= 4 is 16.9 Å². The number of aromatic nitrogens is 3. The summed E-state index contributed by atoms with van der Waals surface area (Å²) in [6.07, 6.45) is 2.26. The number of rotatable bonds is 5. The fraction of sp³-hybridized carbons (Fsp3) is 0.259. The molecular weight excluding hydrogens is 517 g/mol. The van der Waals surface area contributed by atoms with E-state index in [0.29, 0.717) is 25.7 Å². The number of hydrogen-bond donors (Lipinski definition) is 2. The molecule has 0 atom stereocenters. The number of pyridine rings is 1. The molecule has 0 saturated heterocycles. The van der Waals surface area contributed by atoms with Gasteiger partial charge in [-0.2, -0.15) is 0 Å². The Morgan fingerprint density at radius 2 is 1.79 bits per heavy atom. The van der Waals surface area contributed by atoms with Gasteiger partial charge in [0.1, 0.15) is 5.82 Å². The zero-order valence-corrected chi connectivity index (χ0v) is 20.7. The van der Waals surface area contributed by atoms with Gasteiger partial charge in [-0.05, 0) is 56.0 Å². The minimum Gasteiger partial charge on any atom is -0.504 e. The number of fused-ring (bicyclic) bond motifs is 1. The molecule has 0 unspecified atom stereocenters. The maximum absolute atomic E-state index is 14.1. The Morgan fingerprint density at radius 3 is 2.49 bits per heavy atom. The number of aromatic hydroxyl groups is 1. The third-order valence-corrected chi connectivity index (χ3v) is 6.91. The monoisotopic (exact) mass is 540 g/mol. The molecule has 2 N–H and O–H groups in total. The van der Waals surface area contributed by atoms with Crippen molar-refractivity contribution in [3.8, 4) is 17.2 Å². The highest BCUT2D eigenvalue weighted by Gasteiger charge is 2.29.